The summed E-state index contributed by atoms with van der Waals surface area (Å²) in [6.07, 6.45) is -4.77. The van der Waals surface area contributed by atoms with Gasteiger partial charge in [0.25, 0.3) is 5.69 Å². The van der Waals surface area contributed by atoms with Crippen molar-refractivity contribution in [1.82, 2.24) is 0 Å². The standard InChI is InChI=1S/C8H3F3N2O2/c9-8(10,11)6-2-1-3-7(13(14)15)5(6)4-12/h1-3H. The van der Waals surface area contributed by atoms with E-state index in [0.717, 1.165) is 12.1 Å². The van der Waals surface area contributed by atoms with E-state index in [0.29, 0.717) is 6.07 Å². The Morgan fingerprint density at radius 3 is 2.40 bits per heavy atom. The minimum absolute atomic E-state index is 0.631. The average Bonchev–Trinajstić information content (AvgIpc) is 2.15. The Bertz CT molecular complexity index is 448. The van der Waals surface area contributed by atoms with Gasteiger partial charge < -0.3 is 0 Å². The molecule has 0 amide bonds. The molecule has 4 nitrogen and oxygen atoms in total. The molecule has 0 unspecified atom stereocenters. The summed E-state index contributed by atoms with van der Waals surface area (Å²) in [5, 5.41) is 18.8. The fraction of sp³-hybridized carbons (Fsp3) is 0.125. The topological polar surface area (TPSA) is 66.9 Å². The van der Waals surface area contributed by atoms with Crippen molar-refractivity contribution in [3.8, 4) is 6.07 Å². The van der Waals surface area contributed by atoms with Gasteiger partial charge in [-0.05, 0) is 6.07 Å². The summed E-state index contributed by atoms with van der Waals surface area (Å²) in [4.78, 5) is 9.33. The van der Waals surface area contributed by atoms with Gasteiger partial charge in [-0.2, -0.15) is 18.4 Å². The maximum absolute atomic E-state index is 12.3. The summed E-state index contributed by atoms with van der Waals surface area (Å²) in [5.74, 6) is 0. The molecule has 0 spiro atoms. The molecule has 0 aliphatic heterocycles. The van der Waals surface area contributed by atoms with Crippen molar-refractivity contribution in [3.05, 3.63) is 39.4 Å². The number of benzene rings is 1. The summed E-state index contributed by atoms with van der Waals surface area (Å²) >= 11 is 0. The third-order valence-corrected chi connectivity index (χ3v) is 1.66. The molecule has 1 rings (SSSR count). The predicted molar refractivity (Wildman–Crippen MR) is 42.8 cm³/mol. The zero-order valence-corrected chi connectivity index (χ0v) is 7.08. The van der Waals surface area contributed by atoms with E-state index in [1.807, 2.05) is 0 Å². The van der Waals surface area contributed by atoms with Crippen LogP contribution in [0.2, 0.25) is 0 Å². The molecule has 0 radical (unpaired) electrons. The van der Waals surface area contributed by atoms with Crippen LogP contribution < -0.4 is 0 Å². The van der Waals surface area contributed by atoms with E-state index >= 15 is 0 Å². The summed E-state index contributed by atoms with van der Waals surface area (Å²) in [5.41, 5.74) is -3.10. The molecule has 15 heavy (non-hydrogen) atoms. The first-order chi connectivity index (χ1) is 6.88. The van der Waals surface area contributed by atoms with E-state index in [9.17, 15) is 23.3 Å². The normalized spacial score (nSPS) is 10.8. The third-order valence-electron chi connectivity index (χ3n) is 1.66. The lowest BCUT2D eigenvalue weighted by atomic mass is 10.1. The van der Waals surface area contributed by atoms with Gasteiger partial charge in [0.05, 0.1) is 10.5 Å². The van der Waals surface area contributed by atoms with Gasteiger partial charge in [-0.3, -0.25) is 10.1 Å². The van der Waals surface area contributed by atoms with E-state index in [-0.39, 0.29) is 0 Å². The van der Waals surface area contributed by atoms with Crippen molar-refractivity contribution in [2.75, 3.05) is 0 Å². The molecule has 0 N–H and O–H groups in total. The molecule has 0 bridgehead atoms. The Morgan fingerprint density at radius 2 is 2.00 bits per heavy atom. The predicted octanol–water partition coefficient (Wildman–Crippen LogP) is 2.49. The van der Waals surface area contributed by atoms with Gasteiger partial charge in [-0.15, -0.1) is 0 Å². The zero-order chi connectivity index (χ0) is 11.6. The molecule has 0 aliphatic carbocycles. The second kappa shape index (κ2) is 3.57. The second-order valence-electron chi connectivity index (χ2n) is 2.57. The molecule has 0 saturated carbocycles. The highest BCUT2D eigenvalue weighted by molar-refractivity contribution is 5.54. The number of alkyl halides is 3. The number of nitriles is 1. The first-order valence-corrected chi connectivity index (χ1v) is 3.62. The highest BCUT2D eigenvalue weighted by Crippen LogP contribution is 2.35. The van der Waals surface area contributed by atoms with Crippen molar-refractivity contribution in [2.45, 2.75) is 6.18 Å². The van der Waals surface area contributed by atoms with E-state index in [1.54, 1.807) is 0 Å². The van der Waals surface area contributed by atoms with Crippen LogP contribution in [0.25, 0.3) is 0 Å². The van der Waals surface area contributed by atoms with Crippen LogP contribution >= 0.6 is 0 Å². The van der Waals surface area contributed by atoms with Crippen molar-refractivity contribution in [3.63, 3.8) is 0 Å². The van der Waals surface area contributed by atoms with Gasteiger partial charge in [0.2, 0.25) is 0 Å². The van der Waals surface area contributed by atoms with E-state index in [2.05, 4.69) is 0 Å². The smallest absolute Gasteiger partial charge is 0.258 e. The van der Waals surface area contributed by atoms with Gasteiger partial charge in [0, 0.05) is 6.07 Å². The number of nitrogens with zero attached hydrogens (tertiary/aromatic N) is 2. The molecule has 0 aliphatic rings. The van der Waals surface area contributed by atoms with Gasteiger partial charge in [0.1, 0.15) is 11.6 Å². The first kappa shape index (κ1) is 11.0. The van der Waals surface area contributed by atoms with Crippen molar-refractivity contribution < 1.29 is 18.1 Å². The number of rotatable bonds is 1. The molecule has 1 aromatic carbocycles. The van der Waals surface area contributed by atoms with Crippen LogP contribution in [0.15, 0.2) is 18.2 Å². The van der Waals surface area contributed by atoms with E-state index in [4.69, 9.17) is 5.26 Å². The van der Waals surface area contributed by atoms with E-state index in [1.165, 1.54) is 6.07 Å². The molecule has 0 heterocycles. The maximum Gasteiger partial charge on any atom is 0.417 e. The van der Waals surface area contributed by atoms with Crippen molar-refractivity contribution >= 4 is 5.69 Å². The number of nitro groups is 1. The monoisotopic (exact) mass is 216 g/mol. The molecule has 0 atom stereocenters. The maximum atomic E-state index is 12.3. The van der Waals surface area contributed by atoms with Crippen LogP contribution in [-0.4, -0.2) is 4.92 Å². The van der Waals surface area contributed by atoms with Crippen LogP contribution in [0.5, 0.6) is 0 Å². The van der Waals surface area contributed by atoms with Crippen LogP contribution in [0, 0.1) is 21.4 Å². The van der Waals surface area contributed by atoms with Gasteiger partial charge in [-0.25, -0.2) is 0 Å². The average molecular weight is 216 g/mol. The van der Waals surface area contributed by atoms with Crippen LogP contribution in [0.4, 0.5) is 18.9 Å². The third kappa shape index (κ3) is 2.04. The second-order valence-corrected chi connectivity index (χ2v) is 2.57. The molecule has 0 fully saturated rings. The minimum atomic E-state index is -4.77. The van der Waals surface area contributed by atoms with E-state index < -0.39 is 27.9 Å². The summed E-state index contributed by atoms with van der Waals surface area (Å²) in [6, 6.07) is 3.57. The van der Waals surface area contributed by atoms with Gasteiger partial charge in [-0.1, -0.05) is 6.07 Å². The fourth-order valence-corrected chi connectivity index (χ4v) is 1.05. The molecule has 0 saturated heterocycles. The highest BCUT2D eigenvalue weighted by atomic mass is 19.4. The summed E-state index contributed by atoms with van der Waals surface area (Å²) in [7, 11) is 0. The van der Waals surface area contributed by atoms with Crippen molar-refractivity contribution in [1.29, 1.82) is 5.26 Å². The SMILES string of the molecule is N#Cc1c([N+](=O)[O-])cccc1C(F)(F)F. The Kier molecular flexibility index (Phi) is 2.61. The van der Waals surface area contributed by atoms with Crippen LogP contribution in [0.3, 0.4) is 0 Å². The lowest BCUT2D eigenvalue weighted by Gasteiger charge is -2.07. The molecule has 78 valence electrons. The Morgan fingerprint density at radius 1 is 1.40 bits per heavy atom. The zero-order valence-electron chi connectivity index (χ0n) is 7.08. The molecule has 1 aromatic rings. The summed E-state index contributed by atoms with van der Waals surface area (Å²) < 4.78 is 36.9. The summed E-state index contributed by atoms with van der Waals surface area (Å²) in [6.45, 7) is 0. The Balaban J connectivity index is 3.51. The Labute approximate surface area is 81.7 Å². The quantitative estimate of drug-likeness (QED) is 0.534. The number of hydrogen-bond acceptors (Lipinski definition) is 3. The minimum Gasteiger partial charge on any atom is -0.258 e. The molecular weight excluding hydrogens is 213 g/mol. The number of nitro benzene ring substituents is 1. The molecular formula is C8H3F3N2O2. The Hall–Kier alpha value is -2.10. The largest absolute Gasteiger partial charge is 0.417 e. The molecule has 7 heteroatoms. The highest BCUT2D eigenvalue weighted by Gasteiger charge is 2.36. The van der Waals surface area contributed by atoms with Crippen molar-refractivity contribution in [2.24, 2.45) is 0 Å². The number of hydrogen-bond donors (Lipinski definition) is 0. The van der Waals surface area contributed by atoms with Gasteiger partial charge >= 0.3 is 6.18 Å². The fourth-order valence-electron chi connectivity index (χ4n) is 1.05. The lowest BCUT2D eigenvalue weighted by molar-refractivity contribution is -0.385. The number of halogens is 3. The first-order valence-electron chi connectivity index (χ1n) is 3.62. The van der Waals surface area contributed by atoms with Gasteiger partial charge in [0.15, 0.2) is 0 Å². The lowest BCUT2D eigenvalue weighted by Crippen LogP contribution is -2.09. The van der Waals surface area contributed by atoms with Crippen LogP contribution in [0.1, 0.15) is 11.1 Å². The van der Waals surface area contributed by atoms with Crippen LogP contribution in [-0.2, 0) is 6.18 Å². The molecule has 0 aromatic heterocycles.